The van der Waals surface area contributed by atoms with Crippen molar-refractivity contribution in [1.82, 2.24) is 0 Å². The molecule has 102 valence electrons. The van der Waals surface area contributed by atoms with E-state index in [1.807, 2.05) is 6.07 Å². The predicted molar refractivity (Wildman–Crippen MR) is 75.3 cm³/mol. The van der Waals surface area contributed by atoms with Gasteiger partial charge in [-0.15, -0.1) is 0 Å². The second-order valence-electron chi connectivity index (χ2n) is 4.49. The van der Waals surface area contributed by atoms with Crippen LogP contribution < -0.4 is 4.90 Å². The van der Waals surface area contributed by atoms with Gasteiger partial charge in [-0.3, -0.25) is 9.59 Å². The van der Waals surface area contributed by atoms with Crippen molar-refractivity contribution < 1.29 is 14.0 Å². The van der Waals surface area contributed by atoms with Crippen LogP contribution in [0.15, 0.2) is 48.5 Å². The number of likely N-dealkylation sites (N-methyl/N-ethyl adjacent to an activating group) is 1. The van der Waals surface area contributed by atoms with Crippen molar-refractivity contribution in [3.05, 3.63) is 65.5 Å². The molecule has 0 saturated heterocycles. The molecule has 2 aromatic carbocycles. The molecule has 0 saturated carbocycles. The number of rotatable bonds is 3. The number of carbonyl (C=O) groups excluding carboxylic acids is 2. The maximum Gasteiger partial charge on any atom is 0.299 e. The van der Waals surface area contributed by atoms with Gasteiger partial charge in [-0.05, 0) is 42.8 Å². The molecule has 0 N–H and O–H groups in total. The van der Waals surface area contributed by atoms with Crippen molar-refractivity contribution in [1.29, 1.82) is 0 Å². The number of amides is 1. The second-order valence-corrected chi connectivity index (χ2v) is 4.49. The van der Waals surface area contributed by atoms with E-state index >= 15 is 0 Å². The minimum atomic E-state index is -0.653. The number of ketones is 1. The summed E-state index contributed by atoms with van der Waals surface area (Å²) in [5.41, 5.74) is 1.16. The van der Waals surface area contributed by atoms with Crippen LogP contribution >= 0.6 is 0 Å². The third kappa shape index (κ3) is 2.74. The molecule has 0 bridgehead atoms. The maximum atomic E-state index is 13.2. The van der Waals surface area contributed by atoms with E-state index in [1.165, 1.54) is 30.1 Å². The van der Waals surface area contributed by atoms with Gasteiger partial charge in [-0.2, -0.15) is 0 Å². The molecule has 0 aliphatic rings. The summed E-state index contributed by atoms with van der Waals surface area (Å²) in [5, 5.41) is 0. The zero-order chi connectivity index (χ0) is 14.7. The first-order valence-electron chi connectivity index (χ1n) is 6.14. The number of Topliss-reactive ketones (excluding diaryl/α,β-unsaturated/α-hetero) is 1. The zero-order valence-corrected chi connectivity index (χ0v) is 11.3. The minimum Gasteiger partial charge on any atom is -0.309 e. The van der Waals surface area contributed by atoms with E-state index in [-0.39, 0.29) is 5.56 Å². The van der Waals surface area contributed by atoms with Gasteiger partial charge in [0.15, 0.2) is 0 Å². The lowest BCUT2D eigenvalue weighted by atomic mass is 10.1. The molecule has 0 heterocycles. The Balaban J connectivity index is 2.24. The summed E-state index contributed by atoms with van der Waals surface area (Å²) in [6.45, 7) is 1.55. The third-order valence-electron chi connectivity index (χ3n) is 3.06. The molecule has 0 atom stereocenters. The second kappa shape index (κ2) is 5.65. The summed E-state index contributed by atoms with van der Waals surface area (Å²) < 4.78 is 13.2. The molecule has 4 heteroatoms. The standard InChI is InChI=1S/C16H14FNO2/c1-11-10-12(8-9-14(11)17)15(19)16(20)18(2)13-6-4-3-5-7-13/h3-10H,1-2H3. The van der Waals surface area contributed by atoms with Crippen LogP contribution in [0.2, 0.25) is 0 Å². The van der Waals surface area contributed by atoms with Gasteiger partial charge in [0, 0.05) is 18.3 Å². The van der Waals surface area contributed by atoms with E-state index in [9.17, 15) is 14.0 Å². The van der Waals surface area contributed by atoms with Gasteiger partial charge < -0.3 is 4.90 Å². The molecular formula is C16H14FNO2. The van der Waals surface area contributed by atoms with Gasteiger partial charge in [0.2, 0.25) is 0 Å². The van der Waals surface area contributed by atoms with Gasteiger partial charge >= 0.3 is 0 Å². The summed E-state index contributed by atoms with van der Waals surface area (Å²) >= 11 is 0. The maximum absolute atomic E-state index is 13.2. The van der Waals surface area contributed by atoms with Crippen molar-refractivity contribution in [2.75, 3.05) is 11.9 Å². The highest BCUT2D eigenvalue weighted by Crippen LogP contribution is 2.15. The number of halogens is 1. The van der Waals surface area contributed by atoms with Crippen LogP contribution in [0.5, 0.6) is 0 Å². The van der Waals surface area contributed by atoms with Crippen LogP contribution in [-0.2, 0) is 4.79 Å². The lowest BCUT2D eigenvalue weighted by molar-refractivity contribution is -0.114. The van der Waals surface area contributed by atoms with Crippen LogP contribution in [0.25, 0.3) is 0 Å². The average Bonchev–Trinajstić information content (AvgIpc) is 2.48. The summed E-state index contributed by atoms with van der Waals surface area (Å²) in [4.78, 5) is 25.5. The molecule has 0 aliphatic heterocycles. The SMILES string of the molecule is Cc1cc(C(=O)C(=O)N(C)c2ccccc2)ccc1F. The van der Waals surface area contributed by atoms with Crippen molar-refractivity contribution in [3.63, 3.8) is 0 Å². The number of anilines is 1. The minimum absolute atomic E-state index is 0.191. The normalized spacial score (nSPS) is 10.2. The highest BCUT2D eigenvalue weighted by molar-refractivity contribution is 6.47. The van der Waals surface area contributed by atoms with E-state index in [1.54, 1.807) is 31.2 Å². The Morgan fingerprint density at radius 3 is 2.30 bits per heavy atom. The Hall–Kier alpha value is -2.49. The number of carbonyl (C=O) groups is 2. The Kier molecular flexibility index (Phi) is 3.94. The predicted octanol–water partition coefficient (Wildman–Crippen LogP) is 2.98. The molecule has 3 nitrogen and oxygen atoms in total. The number of aryl methyl sites for hydroxylation is 1. The molecular weight excluding hydrogens is 257 g/mol. The molecule has 0 fully saturated rings. The van der Waals surface area contributed by atoms with Crippen molar-refractivity contribution >= 4 is 17.4 Å². The van der Waals surface area contributed by atoms with Crippen LogP contribution in [0.4, 0.5) is 10.1 Å². The van der Waals surface area contributed by atoms with Gasteiger partial charge in [-0.25, -0.2) is 4.39 Å². The average molecular weight is 271 g/mol. The lowest BCUT2D eigenvalue weighted by Gasteiger charge is -2.16. The van der Waals surface area contributed by atoms with Gasteiger partial charge in [0.05, 0.1) is 0 Å². The van der Waals surface area contributed by atoms with Gasteiger partial charge in [0.1, 0.15) is 5.82 Å². The fourth-order valence-corrected chi connectivity index (χ4v) is 1.83. The Bertz CT molecular complexity index is 653. The van der Waals surface area contributed by atoms with E-state index in [4.69, 9.17) is 0 Å². The largest absolute Gasteiger partial charge is 0.309 e. The summed E-state index contributed by atoms with van der Waals surface area (Å²) in [7, 11) is 1.53. The van der Waals surface area contributed by atoms with E-state index in [0.29, 0.717) is 11.3 Å². The number of hydrogen-bond acceptors (Lipinski definition) is 2. The summed E-state index contributed by atoms with van der Waals surface area (Å²) in [6.07, 6.45) is 0. The number of nitrogens with zero attached hydrogens (tertiary/aromatic N) is 1. The summed E-state index contributed by atoms with van der Waals surface area (Å²) in [5.74, 6) is -1.70. The molecule has 2 aromatic rings. The quantitative estimate of drug-likeness (QED) is 0.635. The zero-order valence-electron chi connectivity index (χ0n) is 11.3. The van der Waals surface area contributed by atoms with Crippen LogP contribution in [0, 0.1) is 12.7 Å². The smallest absolute Gasteiger partial charge is 0.299 e. The highest BCUT2D eigenvalue weighted by Gasteiger charge is 2.21. The third-order valence-corrected chi connectivity index (χ3v) is 3.06. The molecule has 2 rings (SSSR count). The summed E-state index contributed by atoms with van der Waals surface area (Å²) in [6, 6.07) is 12.8. The first-order valence-corrected chi connectivity index (χ1v) is 6.14. The van der Waals surface area contributed by atoms with E-state index < -0.39 is 17.5 Å². The fraction of sp³-hybridized carbons (Fsp3) is 0.125. The van der Waals surface area contributed by atoms with Gasteiger partial charge in [-0.1, -0.05) is 18.2 Å². The fourth-order valence-electron chi connectivity index (χ4n) is 1.83. The lowest BCUT2D eigenvalue weighted by Crippen LogP contribution is -2.33. The highest BCUT2D eigenvalue weighted by atomic mass is 19.1. The molecule has 0 radical (unpaired) electrons. The van der Waals surface area contributed by atoms with E-state index in [2.05, 4.69) is 0 Å². The van der Waals surface area contributed by atoms with Crippen molar-refractivity contribution in [2.24, 2.45) is 0 Å². The Morgan fingerprint density at radius 2 is 1.70 bits per heavy atom. The van der Waals surface area contributed by atoms with Crippen molar-refractivity contribution in [3.8, 4) is 0 Å². The first kappa shape index (κ1) is 13.9. The molecule has 0 unspecified atom stereocenters. The van der Waals surface area contributed by atoms with Gasteiger partial charge in [0.25, 0.3) is 11.7 Å². The number of benzene rings is 2. The molecule has 20 heavy (non-hydrogen) atoms. The topological polar surface area (TPSA) is 37.4 Å². The van der Waals surface area contributed by atoms with Crippen LogP contribution in [0.1, 0.15) is 15.9 Å². The first-order chi connectivity index (χ1) is 9.50. The number of para-hydroxylation sites is 1. The Morgan fingerprint density at radius 1 is 1.05 bits per heavy atom. The monoisotopic (exact) mass is 271 g/mol. The number of hydrogen-bond donors (Lipinski definition) is 0. The Labute approximate surface area is 116 Å². The molecule has 0 spiro atoms. The molecule has 0 aromatic heterocycles. The van der Waals surface area contributed by atoms with E-state index in [0.717, 1.165) is 0 Å². The van der Waals surface area contributed by atoms with Crippen LogP contribution in [0.3, 0.4) is 0 Å². The molecule has 0 aliphatic carbocycles. The molecule has 1 amide bonds. The van der Waals surface area contributed by atoms with Crippen molar-refractivity contribution in [2.45, 2.75) is 6.92 Å². The van der Waals surface area contributed by atoms with Crippen LogP contribution in [-0.4, -0.2) is 18.7 Å².